The van der Waals surface area contributed by atoms with Crippen LogP contribution >= 0.6 is 11.6 Å². The van der Waals surface area contributed by atoms with E-state index in [0.717, 1.165) is 0 Å². The number of nitrogens with zero attached hydrogens (tertiary/aromatic N) is 1. The van der Waals surface area contributed by atoms with Crippen LogP contribution in [-0.4, -0.2) is 49.8 Å². The van der Waals surface area contributed by atoms with E-state index >= 15 is 0 Å². The zero-order valence-corrected chi connectivity index (χ0v) is 21.1. The highest BCUT2D eigenvalue weighted by atomic mass is 35.5. The highest BCUT2D eigenvalue weighted by molar-refractivity contribution is 7.89. The summed E-state index contributed by atoms with van der Waals surface area (Å²) in [6.45, 7) is 3.90. The maximum Gasteiger partial charge on any atom is 0.343 e. The summed E-state index contributed by atoms with van der Waals surface area (Å²) >= 11 is 6.20. The first-order chi connectivity index (χ1) is 17.0. The first-order valence-electron chi connectivity index (χ1n) is 11.1. The fourth-order valence-corrected chi connectivity index (χ4v) is 5.99. The van der Waals surface area contributed by atoms with Gasteiger partial charge in [-0.3, -0.25) is 4.79 Å². The molecule has 0 bridgehead atoms. The summed E-state index contributed by atoms with van der Waals surface area (Å²) in [5, 5.41) is -0.0120. The fraction of sp³-hybridized carbons (Fsp3) is 0.231. The number of hydrogen-bond acceptors (Lipinski definition) is 6. The van der Waals surface area contributed by atoms with Crippen LogP contribution in [0.3, 0.4) is 0 Å². The van der Waals surface area contributed by atoms with Crippen molar-refractivity contribution in [2.75, 3.05) is 13.1 Å². The Morgan fingerprint density at radius 1 is 0.917 bits per heavy atom. The Morgan fingerprint density at radius 2 is 1.44 bits per heavy atom. The number of rotatable bonds is 6. The Bertz CT molecular complexity index is 1380. The lowest BCUT2D eigenvalue weighted by Gasteiger charge is -2.34. The molecule has 1 heterocycles. The average molecular weight is 532 g/mol. The Balaban J connectivity index is 1.51. The summed E-state index contributed by atoms with van der Waals surface area (Å²) in [5.74, 6) is -1.39. The fourth-order valence-electron chi connectivity index (χ4n) is 3.90. The molecule has 4 rings (SSSR count). The molecule has 1 aliphatic rings. The Hall–Kier alpha value is -3.11. The molecule has 3 aromatic carbocycles. The van der Waals surface area contributed by atoms with Gasteiger partial charge in [0.15, 0.2) is 5.78 Å². The lowest BCUT2D eigenvalue weighted by molar-refractivity contribution is -0.0440. The van der Waals surface area contributed by atoms with Gasteiger partial charge in [0.05, 0.1) is 22.8 Å². The number of carbonyl (C=O) groups is 2. The summed E-state index contributed by atoms with van der Waals surface area (Å²) < 4.78 is 51.9. The highest BCUT2D eigenvalue weighted by Gasteiger charge is 2.34. The molecule has 0 aromatic heterocycles. The second-order valence-corrected chi connectivity index (χ2v) is 10.8. The van der Waals surface area contributed by atoms with Crippen LogP contribution in [0.2, 0.25) is 5.02 Å². The van der Waals surface area contributed by atoms with Crippen molar-refractivity contribution in [3.63, 3.8) is 0 Å². The molecule has 2 atom stereocenters. The van der Waals surface area contributed by atoms with Gasteiger partial charge in [-0.15, -0.1) is 0 Å². The third-order valence-electron chi connectivity index (χ3n) is 5.60. The smallest absolute Gasteiger partial charge is 0.343 e. The van der Waals surface area contributed by atoms with E-state index in [1.54, 1.807) is 13.8 Å². The topological polar surface area (TPSA) is 90.0 Å². The van der Waals surface area contributed by atoms with Crippen LogP contribution in [0, 0.1) is 5.82 Å². The monoisotopic (exact) mass is 531 g/mol. The van der Waals surface area contributed by atoms with Crippen LogP contribution < -0.4 is 4.74 Å². The number of halogens is 2. The maximum atomic E-state index is 13.3. The maximum absolute atomic E-state index is 13.3. The molecule has 3 aromatic rings. The van der Waals surface area contributed by atoms with Crippen LogP contribution in [-0.2, 0) is 14.8 Å². The number of benzene rings is 3. The van der Waals surface area contributed by atoms with Gasteiger partial charge in [0.2, 0.25) is 10.0 Å². The minimum atomic E-state index is -3.98. The van der Waals surface area contributed by atoms with Crippen molar-refractivity contribution in [3.05, 3.63) is 94.3 Å². The molecule has 0 amide bonds. The zero-order valence-electron chi connectivity index (χ0n) is 19.5. The summed E-state index contributed by atoms with van der Waals surface area (Å²) in [7, 11) is -3.98. The third-order valence-corrected chi connectivity index (χ3v) is 7.92. The lowest BCUT2D eigenvalue weighted by Crippen LogP contribution is -2.48. The van der Waals surface area contributed by atoms with Crippen LogP contribution in [0.15, 0.2) is 71.6 Å². The second-order valence-electron chi connectivity index (χ2n) is 8.47. The third kappa shape index (κ3) is 5.65. The Morgan fingerprint density at radius 3 is 2.03 bits per heavy atom. The highest BCUT2D eigenvalue weighted by Crippen LogP contribution is 2.28. The molecule has 0 aliphatic carbocycles. The minimum absolute atomic E-state index is 0.00111. The first kappa shape index (κ1) is 26.0. The van der Waals surface area contributed by atoms with Gasteiger partial charge >= 0.3 is 5.97 Å². The minimum Gasteiger partial charge on any atom is -0.423 e. The molecule has 188 valence electrons. The van der Waals surface area contributed by atoms with Crippen LogP contribution in [0.1, 0.15) is 40.1 Å². The van der Waals surface area contributed by atoms with Gasteiger partial charge in [-0.25, -0.2) is 17.6 Å². The molecule has 0 unspecified atom stereocenters. The summed E-state index contributed by atoms with van der Waals surface area (Å²) in [4.78, 5) is 25.1. The van der Waals surface area contributed by atoms with Crippen molar-refractivity contribution < 1.29 is 31.9 Å². The van der Waals surface area contributed by atoms with Crippen LogP contribution in [0.4, 0.5) is 4.39 Å². The van der Waals surface area contributed by atoms with E-state index in [-0.39, 0.29) is 52.3 Å². The second kappa shape index (κ2) is 10.5. The van der Waals surface area contributed by atoms with Crippen molar-refractivity contribution >= 4 is 33.4 Å². The summed E-state index contributed by atoms with van der Waals surface area (Å²) in [6.07, 6.45) is -0.568. The average Bonchev–Trinajstić information content (AvgIpc) is 2.84. The SMILES string of the molecule is C[C@H]1CN(S(=O)(=O)c2cc(C(=O)Oc3ccc(C(=O)c4ccc(F)cc4)cc3)ccc2Cl)C[C@H](C)O1. The molecule has 0 radical (unpaired) electrons. The molecule has 10 heteroatoms. The van der Waals surface area contributed by atoms with Crippen LogP contribution in [0.5, 0.6) is 5.75 Å². The molecule has 36 heavy (non-hydrogen) atoms. The quantitative estimate of drug-likeness (QED) is 0.259. The largest absolute Gasteiger partial charge is 0.423 e. The number of ether oxygens (including phenoxy) is 2. The molecule has 1 saturated heterocycles. The molecule has 0 N–H and O–H groups in total. The summed E-state index contributed by atoms with van der Waals surface area (Å²) in [5.41, 5.74) is 0.647. The van der Waals surface area contributed by atoms with E-state index in [9.17, 15) is 22.4 Å². The van der Waals surface area contributed by atoms with E-state index in [4.69, 9.17) is 21.1 Å². The van der Waals surface area contributed by atoms with E-state index < -0.39 is 21.8 Å². The van der Waals surface area contributed by atoms with Crippen molar-refractivity contribution in [1.82, 2.24) is 4.31 Å². The number of esters is 1. The van der Waals surface area contributed by atoms with Gasteiger partial charge < -0.3 is 9.47 Å². The van der Waals surface area contributed by atoms with Crippen molar-refractivity contribution in [2.45, 2.75) is 31.0 Å². The van der Waals surface area contributed by atoms with Gasteiger partial charge in [-0.1, -0.05) is 11.6 Å². The molecule has 1 aliphatic heterocycles. The number of sulfonamides is 1. The van der Waals surface area contributed by atoms with Crippen molar-refractivity contribution in [3.8, 4) is 5.75 Å². The molecule has 1 fully saturated rings. The van der Waals surface area contributed by atoms with Gasteiger partial charge in [-0.2, -0.15) is 4.31 Å². The van der Waals surface area contributed by atoms with E-state index in [2.05, 4.69) is 0 Å². The summed E-state index contributed by atoms with van der Waals surface area (Å²) in [6, 6.07) is 14.9. The molecular weight excluding hydrogens is 509 g/mol. The van der Waals surface area contributed by atoms with Gasteiger partial charge in [0.25, 0.3) is 0 Å². The van der Waals surface area contributed by atoms with Crippen molar-refractivity contribution in [1.29, 1.82) is 0 Å². The molecule has 7 nitrogen and oxygen atoms in total. The van der Waals surface area contributed by atoms with Crippen molar-refractivity contribution in [2.24, 2.45) is 0 Å². The van der Waals surface area contributed by atoms with Gasteiger partial charge in [-0.05, 0) is 80.6 Å². The van der Waals surface area contributed by atoms with Gasteiger partial charge in [0, 0.05) is 24.2 Å². The van der Waals surface area contributed by atoms with Gasteiger partial charge in [0.1, 0.15) is 16.5 Å². The van der Waals surface area contributed by atoms with E-state index in [0.29, 0.717) is 11.1 Å². The normalized spacial score (nSPS) is 18.6. The zero-order chi connectivity index (χ0) is 26.0. The van der Waals surface area contributed by atoms with Crippen LogP contribution in [0.25, 0.3) is 0 Å². The van der Waals surface area contributed by atoms with E-state index in [1.165, 1.54) is 71.0 Å². The molecule has 0 saturated carbocycles. The molecular formula is C26H23ClFNO6S. The standard InChI is InChI=1S/C26H23ClFNO6S/c1-16-14-29(15-17(2)34-16)36(32,33)24-13-20(7-12-23(24)27)26(31)35-22-10-5-19(6-11-22)25(30)18-3-8-21(28)9-4-18/h3-13,16-17H,14-15H2,1-2H3/t16-,17-/m0/s1. The predicted octanol–water partition coefficient (Wildman–Crippen LogP) is 4.73. The molecule has 0 spiro atoms. The first-order valence-corrected chi connectivity index (χ1v) is 12.9. The Labute approximate surface area is 213 Å². The number of morpholine rings is 1. The van der Waals surface area contributed by atoms with E-state index in [1.807, 2.05) is 0 Å². The lowest BCUT2D eigenvalue weighted by atomic mass is 10.0. The number of ketones is 1. The Kier molecular flexibility index (Phi) is 7.56. The number of hydrogen-bond donors (Lipinski definition) is 0. The predicted molar refractivity (Wildman–Crippen MR) is 131 cm³/mol. The number of carbonyl (C=O) groups excluding carboxylic acids is 2.